The van der Waals surface area contributed by atoms with Gasteiger partial charge in [-0.2, -0.15) is 0 Å². The monoisotopic (exact) mass is 417 g/mol. The molecule has 0 spiro atoms. The van der Waals surface area contributed by atoms with Crippen LogP contribution in [-0.4, -0.2) is 35.0 Å². The first-order chi connectivity index (χ1) is 13.8. The molecule has 152 valence electrons. The van der Waals surface area contributed by atoms with E-state index in [1.807, 2.05) is 4.90 Å². The van der Waals surface area contributed by atoms with Crippen LogP contribution in [0.4, 0.5) is 17.1 Å². The number of nitrogens with one attached hydrogen (secondary N) is 1. The summed E-state index contributed by atoms with van der Waals surface area (Å²) in [4.78, 5) is 36.8. The molecule has 1 heterocycles. The Kier molecular flexibility index (Phi) is 6.03. The van der Waals surface area contributed by atoms with Crippen LogP contribution in [0, 0.1) is 16.0 Å². The third-order valence-corrected chi connectivity index (χ3v) is 5.34. The molecule has 0 aromatic heterocycles. The predicted molar refractivity (Wildman–Crippen MR) is 110 cm³/mol. The van der Waals surface area contributed by atoms with Crippen LogP contribution in [0.15, 0.2) is 36.4 Å². The summed E-state index contributed by atoms with van der Waals surface area (Å²) in [5.74, 6) is -1.21. The number of hydrogen-bond donors (Lipinski definition) is 2. The molecule has 0 radical (unpaired) electrons. The Hall–Kier alpha value is -3.13. The van der Waals surface area contributed by atoms with Gasteiger partial charge < -0.3 is 15.3 Å². The van der Waals surface area contributed by atoms with Gasteiger partial charge >= 0.3 is 5.97 Å². The average molecular weight is 418 g/mol. The maximum atomic E-state index is 12.6. The van der Waals surface area contributed by atoms with E-state index in [-0.39, 0.29) is 27.5 Å². The van der Waals surface area contributed by atoms with Gasteiger partial charge in [0.25, 0.3) is 11.6 Å². The van der Waals surface area contributed by atoms with Crippen molar-refractivity contribution in [2.24, 2.45) is 5.92 Å². The highest BCUT2D eigenvalue weighted by Crippen LogP contribution is 2.32. The summed E-state index contributed by atoms with van der Waals surface area (Å²) in [5, 5.41) is 23.3. The lowest BCUT2D eigenvalue weighted by Crippen LogP contribution is -2.33. The van der Waals surface area contributed by atoms with E-state index in [0.717, 1.165) is 25.9 Å². The fraction of sp³-hybridized carbons (Fsp3) is 0.300. The summed E-state index contributed by atoms with van der Waals surface area (Å²) in [7, 11) is 0. The van der Waals surface area contributed by atoms with Gasteiger partial charge in [0.05, 0.1) is 15.5 Å². The molecule has 1 saturated heterocycles. The molecule has 0 unspecified atom stereocenters. The van der Waals surface area contributed by atoms with Gasteiger partial charge in [-0.3, -0.25) is 14.9 Å². The normalized spacial score (nSPS) is 14.5. The number of aromatic carboxylic acids is 1. The van der Waals surface area contributed by atoms with Crippen molar-refractivity contribution in [2.75, 3.05) is 23.3 Å². The number of carboxylic acids is 1. The number of piperidine rings is 1. The van der Waals surface area contributed by atoms with E-state index in [1.54, 1.807) is 6.07 Å². The van der Waals surface area contributed by atoms with Crippen LogP contribution >= 0.6 is 11.6 Å². The van der Waals surface area contributed by atoms with E-state index >= 15 is 0 Å². The van der Waals surface area contributed by atoms with Crippen LogP contribution in [0.2, 0.25) is 5.02 Å². The molecule has 2 N–H and O–H groups in total. The lowest BCUT2D eigenvalue weighted by Gasteiger charge is -2.31. The highest BCUT2D eigenvalue weighted by molar-refractivity contribution is 6.33. The Labute approximate surface area is 172 Å². The van der Waals surface area contributed by atoms with E-state index in [2.05, 4.69) is 12.2 Å². The van der Waals surface area contributed by atoms with Crippen molar-refractivity contribution in [3.8, 4) is 0 Å². The van der Waals surface area contributed by atoms with Gasteiger partial charge in [0.1, 0.15) is 5.69 Å². The smallest absolute Gasteiger partial charge is 0.337 e. The third kappa shape index (κ3) is 4.65. The number of benzene rings is 2. The van der Waals surface area contributed by atoms with E-state index in [9.17, 15) is 19.7 Å². The second kappa shape index (κ2) is 8.48. The minimum absolute atomic E-state index is 0.0475. The predicted octanol–water partition coefficient (Wildman–Crippen LogP) is 4.44. The molecule has 0 atom stereocenters. The molecule has 0 saturated carbocycles. The molecule has 1 aliphatic rings. The van der Waals surface area contributed by atoms with Gasteiger partial charge in [-0.1, -0.05) is 18.5 Å². The molecular weight excluding hydrogens is 398 g/mol. The summed E-state index contributed by atoms with van der Waals surface area (Å²) in [6, 6.07) is 8.43. The number of amides is 1. The van der Waals surface area contributed by atoms with Crippen LogP contribution in [0.1, 0.15) is 40.5 Å². The lowest BCUT2D eigenvalue weighted by molar-refractivity contribution is -0.384. The Morgan fingerprint density at radius 1 is 1.21 bits per heavy atom. The summed E-state index contributed by atoms with van der Waals surface area (Å²) in [5.41, 5.74) is 0.559. The molecule has 8 nitrogen and oxygen atoms in total. The minimum atomic E-state index is -1.22. The van der Waals surface area contributed by atoms with Gasteiger partial charge in [-0.15, -0.1) is 0 Å². The molecule has 1 amide bonds. The zero-order valence-corrected chi connectivity index (χ0v) is 16.5. The molecule has 0 aliphatic carbocycles. The number of nitro groups is 1. The van der Waals surface area contributed by atoms with Crippen molar-refractivity contribution in [3.05, 3.63) is 62.7 Å². The molecule has 3 rings (SSSR count). The number of halogens is 1. The van der Waals surface area contributed by atoms with Gasteiger partial charge in [0, 0.05) is 30.4 Å². The van der Waals surface area contributed by atoms with Crippen LogP contribution < -0.4 is 10.2 Å². The van der Waals surface area contributed by atoms with E-state index < -0.39 is 16.8 Å². The first-order valence-corrected chi connectivity index (χ1v) is 9.51. The van der Waals surface area contributed by atoms with E-state index in [4.69, 9.17) is 16.7 Å². The van der Waals surface area contributed by atoms with Crippen LogP contribution in [0.5, 0.6) is 0 Å². The molecule has 0 bridgehead atoms. The number of carbonyl (C=O) groups excluding carboxylic acids is 1. The van der Waals surface area contributed by atoms with Gasteiger partial charge in [0.2, 0.25) is 0 Å². The topological polar surface area (TPSA) is 113 Å². The molecule has 2 aromatic rings. The second-order valence-corrected chi connectivity index (χ2v) is 7.49. The summed E-state index contributed by atoms with van der Waals surface area (Å²) in [6.07, 6.45) is 1.92. The number of rotatable bonds is 5. The van der Waals surface area contributed by atoms with Crippen LogP contribution in [-0.2, 0) is 0 Å². The van der Waals surface area contributed by atoms with Crippen molar-refractivity contribution in [1.82, 2.24) is 0 Å². The molecular formula is C20H20ClN3O5. The van der Waals surface area contributed by atoms with E-state index in [1.165, 1.54) is 30.3 Å². The SMILES string of the molecule is CC1CCN(c2ccc(C(=O)Nc3ccc(Cl)c(C(=O)O)c3)cc2[N+](=O)[O-])CC1. The van der Waals surface area contributed by atoms with E-state index in [0.29, 0.717) is 11.6 Å². The number of nitro benzene ring substituents is 1. The first kappa shape index (κ1) is 20.6. The highest BCUT2D eigenvalue weighted by atomic mass is 35.5. The Morgan fingerprint density at radius 3 is 2.52 bits per heavy atom. The summed E-state index contributed by atoms with van der Waals surface area (Å²) in [6.45, 7) is 3.62. The van der Waals surface area contributed by atoms with Crippen molar-refractivity contribution in [3.63, 3.8) is 0 Å². The zero-order chi connectivity index (χ0) is 21.1. The number of hydrogen-bond acceptors (Lipinski definition) is 5. The van der Waals surface area contributed by atoms with Crippen LogP contribution in [0.25, 0.3) is 0 Å². The molecule has 9 heteroatoms. The minimum Gasteiger partial charge on any atom is -0.478 e. The molecule has 1 aliphatic heterocycles. The molecule has 2 aromatic carbocycles. The van der Waals surface area contributed by atoms with Gasteiger partial charge in [-0.25, -0.2) is 4.79 Å². The van der Waals surface area contributed by atoms with Crippen LogP contribution in [0.3, 0.4) is 0 Å². The standard InChI is InChI=1S/C20H20ClN3O5/c1-12-6-8-23(9-7-12)17-5-2-13(10-18(17)24(28)29)19(25)22-14-3-4-16(21)15(11-14)20(26)27/h2-5,10-12H,6-9H2,1H3,(H,22,25)(H,26,27). The Balaban J connectivity index is 1.84. The van der Waals surface area contributed by atoms with Crippen molar-refractivity contribution in [1.29, 1.82) is 0 Å². The Morgan fingerprint density at radius 2 is 1.90 bits per heavy atom. The maximum Gasteiger partial charge on any atom is 0.337 e. The fourth-order valence-electron chi connectivity index (χ4n) is 3.30. The zero-order valence-electron chi connectivity index (χ0n) is 15.7. The largest absolute Gasteiger partial charge is 0.478 e. The number of carbonyl (C=O) groups is 2. The average Bonchev–Trinajstić information content (AvgIpc) is 2.69. The molecule has 1 fully saturated rings. The fourth-order valence-corrected chi connectivity index (χ4v) is 3.50. The van der Waals surface area contributed by atoms with Crippen molar-refractivity contribution in [2.45, 2.75) is 19.8 Å². The van der Waals surface area contributed by atoms with Gasteiger partial charge in [0.15, 0.2) is 0 Å². The molecule has 29 heavy (non-hydrogen) atoms. The van der Waals surface area contributed by atoms with Crippen molar-refractivity contribution >= 4 is 40.5 Å². The third-order valence-electron chi connectivity index (χ3n) is 5.01. The summed E-state index contributed by atoms with van der Waals surface area (Å²) >= 11 is 5.83. The first-order valence-electron chi connectivity index (χ1n) is 9.14. The second-order valence-electron chi connectivity index (χ2n) is 7.08. The lowest BCUT2D eigenvalue weighted by atomic mass is 9.98. The number of nitrogens with zero attached hydrogens (tertiary/aromatic N) is 2. The summed E-state index contributed by atoms with van der Waals surface area (Å²) < 4.78 is 0. The highest BCUT2D eigenvalue weighted by Gasteiger charge is 2.25. The Bertz CT molecular complexity index is 971. The number of carboxylic acid groups (broad SMARTS) is 1. The maximum absolute atomic E-state index is 12.6. The number of anilines is 2. The van der Waals surface area contributed by atoms with Crippen molar-refractivity contribution < 1.29 is 19.6 Å². The van der Waals surface area contributed by atoms with Gasteiger partial charge in [-0.05, 0) is 49.1 Å². The quantitative estimate of drug-likeness (QED) is 0.549.